The van der Waals surface area contributed by atoms with Gasteiger partial charge in [0.1, 0.15) is 0 Å². The summed E-state index contributed by atoms with van der Waals surface area (Å²) in [5, 5.41) is 0. The maximum absolute atomic E-state index is 11.9. The molecule has 20 heavy (non-hydrogen) atoms. The summed E-state index contributed by atoms with van der Waals surface area (Å²) in [4.78, 5) is 6.73. The lowest BCUT2D eigenvalue weighted by Gasteiger charge is -2.33. The second kappa shape index (κ2) is 5.42. The monoisotopic (exact) mass is 295 g/mol. The van der Waals surface area contributed by atoms with Crippen LogP contribution in [0.4, 0.5) is 0 Å². The van der Waals surface area contributed by atoms with Crippen LogP contribution in [0.25, 0.3) is 0 Å². The molecule has 0 aliphatic carbocycles. The molecule has 5 nitrogen and oxygen atoms in total. The van der Waals surface area contributed by atoms with E-state index in [2.05, 4.69) is 9.88 Å². The largest absolute Gasteiger partial charge is 0.296 e. The minimum absolute atomic E-state index is 0.132. The highest BCUT2D eigenvalue weighted by atomic mass is 32.2. The van der Waals surface area contributed by atoms with Gasteiger partial charge < -0.3 is 0 Å². The Kier molecular flexibility index (Phi) is 3.79. The maximum Gasteiger partial charge on any atom is 0.211 e. The molecular weight excluding hydrogens is 274 g/mol. The molecule has 3 saturated heterocycles. The van der Waals surface area contributed by atoms with Gasteiger partial charge in [-0.1, -0.05) is 6.07 Å². The van der Waals surface area contributed by atoms with Gasteiger partial charge in [-0.05, 0) is 30.9 Å². The van der Waals surface area contributed by atoms with Gasteiger partial charge in [0.25, 0.3) is 0 Å². The van der Waals surface area contributed by atoms with E-state index in [1.54, 1.807) is 4.31 Å². The molecule has 1 aromatic rings. The lowest BCUT2D eigenvalue weighted by atomic mass is 9.97. The maximum atomic E-state index is 11.9. The van der Waals surface area contributed by atoms with E-state index in [1.807, 2.05) is 24.4 Å². The number of pyridine rings is 1. The number of aromatic nitrogens is 1. The van der Waals surface area contributed by atoms with Gasteiger partial charge in [0.15, 0.2) is 0 Å². The molecule has 110 valence electrons. The van der Waals surface area contributed by atoms with Gasteiger partial charge in [-0.2, -0.15) is 4.31 Å². The number of sulfonamides is 1. The molecule has 2 atom stereocenters. The van der Waals surface area contributed by atoms with Gasteiger partial charge in [-0.3, -0.25) is 9.88 Å². The molecule has 0 saturated carbocycles. The average Bonchev–Trinajstić information content (AvgIpc) is 2.69. The number of rotatable bonds is 3. The summed E-state index contributed by atoms with van der Waals surface area (Å²) >= 11 is 0. The molecule has 1 aromatic heterocycles. The Morgan fingerprint density at radius 3 is 2.80 bits per heavy atom. The van der Waals surface area contributed by atoms with E-state index in [-0.39, 0.29) is 6.04 Å². The van der Waals surface area contributed by atoms with Crippen LogP contribution in [0.5, 0.6) is 0 Å². The summed E-state index contributed by atoms with van der Waals surface area (Å²) < 4.78 is 25.5. The van der Waals surface area contributed by atoms with Crippen LogP contribution in [-0.2, 0) is 16.6 Å². The molecule has 0 radical (unpaired) electrons. The number of piperidine rings is 1. The van der Waals surface area contributed by atoms with Crippen molar-refractivity contribution in [2.75, 3.05) is 25.9 Å². The number of nitrogens with zero attached hydrogens (tertiary/aromatic N) is 3. The van der Waals surface area contributed by atoms with E-state index in [9.17, 15) is 8.42 Å². The summed E-state index contributed by atoms with van der Waals surface area (Å²) in [6.45, 7) is 3.28. The zero-order valence-electron chi connectivity index (χ0n) is 11.8. The predicted octanol–water partition coefficient (Wildman–Crippen LogP) is 0.937. The zero-order valence-corrected chi connectivity index (χ0v) is 12.6. The molecule has 2 bridgehead atoms. The molecule has 0 amide bonds. The first-order valence-corrected chi connectivity index (χ1v) is 8.96. The fraction of sp³-hybridized carbons (Fsp3) is 0.643. The van der Waals surface area contributed by atoms with Gasteiger partial charge in [0.2, 0.25) is 10.0 Å². The highest BCUT2D eigenvalue weighted by molar-refractivity contribution is 7.88. The Balaban J connectivity index is 1.75. The van der Waals surface area contributed by atoms with Crippen LogP contribution >= 0.6 is 0 Å². The molecule has 3 aliphatic heterocycles. The molecule has 4 heterocycles. The van der Waals surface area contributed by atoms with E-state index in [0.717, 1.165) is 38.2 Å². The van der Waals surface area contributed by atoms with Crippen LogP contribution < -0.4 is 0 Å². The molecule has 0 spiro atoms. The first kappa shape index (κ1) is 14.0. The lowest BCUT2D eigenvalue weighted by molar-refractivity contribution is 0.226. The average molecular weight is 295 g/mol. The fourth-order valence-corrected chi connectivity index (χ4v) is 4.59. The Morgan fingerprint density at radius 1 is 1.25 bits per heavy atom. The van der Waals surface area contributed by atoms with Crippen molar-refractivity contribution in [2.24, 2.45) is 5.92 Å². The Bertz CT molecular complexity index is 561. The van der Waals surface area contributed by atoms with Crippen molar-refractivity contribution in [3.63, 3.8) is 0 Å². The van der Waals surface area contributed by atoms with Crippen molar-refractivity contribution < 1.29 is 8.42 Å². The van der Waals surface area contributed by atoms with Crippen molar-refractivity contribution in [1.82, 2.24) is 14.2 Å². The third-order valence-electron chi connectivity index (χ3n) is 4.28. The topological polar surface area (TPSA) is 53.5 Å². The van der Waals surface area contributed by atoms with Crippen molar-refractivity contribution in [3.8, 4) is 0 Å². The third-order valence-corrected chi connectivity index (χ3v) is 5.58. The SMILES string of the molecule is CS(=O)(=O)N1C[C@@H]2CC[C@H]1CN(Cc1ccccn1)C2. The van der Waals surface area contributed by atoms with Gasteiger partial charge in [0, 0.05) is 38.4 Å². The van der Waals surface area contributed by atoms with Gasteiger partial charge in [-0.25, -0.2) is 8.42 Å². The summed E-state index contributed by atoms with van der Waals surface area (Å²) in [7, 11) is -3.09. The molecule has 3 aliphatic rings. The molecule has 0 aromatic carbocycles. The first-order valence-electron chi connectivity index (χ1n) is 7.11. The van der Waals surface area contributed by atoms with Crippen LogP contribution in [-0.4, -0.2) is 54.5 Å². The minimum atomic E-state index is -3.09. The normalized spacial score (nSPS) is 28.4. The van der Waals surface area contributed by atoms with Gasteiger partial charge >= 0.3 is 0 Å². The quantitative estimate of drug-likeness (QED) is 0.833. The summed E-state index contributed by atoms with van der Waals surface area (Å²) in [6.07, 6.45) is 5.26. The Morgan fingerprint density at radius 2 is 2.10 bits per heavy atom. The fourth-order valence-electron chi connectivity index (χ4n) is 3.39. The van der Waals surface area contributed by atoms with Crippen LogP contribution in [0.2, 0.25) is 0 Å². The van der Waals surface area contributed by atoms with E-state index in [0.29, 0.717) is 12.5 Å². The van der Waals surface area contributed by atoms with Crippen LogP contribution in [0.1, 0.15) is 18.5 Å². The first-order chi connectivity index (χ1) is 9.52. The summed E-state index contributed by atoms with van der Waals surface area (Å²) in [5.41, 5.74) is 1.06. The van der Waals surface area contributed by atoms with E-state index in [4.69, 9.17) is 0 Å². The highest BCUT2D eigenvalue weighted by Gasteiger charge is 2.38. The summed E-state index contributed by atoms with van der Waals surface area (Å²) in [5.74, 6) is 0.451. The van der Waals surface area contributed by atoms with Gasteiger partial charge in [-0.15, -0.1) is 0 Å². The molecule has 3 fully saturated rings. The lowest BCUT2D eigenvalue weighted by Crippen LogP contribution is -2.46. The van der Waals surface area contributed by atoms with Crippen molar-refractivity contribution in [2.45, 2.75) is 25.4 Å². The second-order valence-electron chi connectivity index (χ2n) is 5.95. The Labute approximate surface area is 120 Å². The van der Waals surface area contributed by atoms with Crippen molar-refractivity contribution in [1.29, 1.82) is 0 Å². The van der Waals surface area contributed by atoms with Crippen LogP contribution in [0.3, 0.4) is 0 Å². The molecule has 0 N–H and O–H groups in total. The van der Waals surface area contributed by atoms with Crippen molar-refractivity contribution in [3.05, 3.63) is 30.1 Å². The van der Waals surface area contributed by atoms with Gasteiger partial charge in [0.05, 0.1) is 11.9 Å². The predicted molar refractivity (Wildman–Crippen MR) is 77.6 cm³/mol. The smallest absolute Gasteiger partial charge is 0.211 e. The third kappa shape index (κ3) is 3.02. The van der Waals surface area contributed by atoms with Crippen LogP contribution in [0.15, 0.2) is 24.4 Å². The number of hydrogen-bond donors (Lipinski definition) is 0. The van der Waals surface area contributed by atoms with E-state index >= 15 is 0 Å². The molecular formula is C14H21N3O2S. The minimum Gasteiger partial charge on any atom is -0.296 e. The number of hydrogen-bond acceptors (Lipinski definition) is 4. The van der Waals surface area contributed by atoms with Crippen molar-refractivity contribution >= 4 is 10.0 Å². The molecule has 4 rings (SSSR count). The highest BCUT2D eigenvalue weighted by Crippen LogP contribution is 2.30. The second-order valence-corrected chi connectivity index (χ2v) is 7.88. The molecule has 6 heteroatoms. The summed E-state index contributed by atoms with van der Waals surface area (Å²) in [6, 6.07) is 6.08. The zero-order chi connectivity index (χ0) is 14.2. The van der Waals surface area contributed by atoms with E-state index in [1.165, 1.54) is 6.26 Å². The van der Waals surface area contributed by atoms with Crippen LogP contribution in [0, 0.1) is 5.92 Å². The van der Waals surface area contributed by atoms with E-state index < -0.39 is 10.0 Å². The molecule has 0 unspecified atom stereocenters. The Hall–Kier alpha value is -0.980. The standard InChI is InChI=1S/C14H21N3O2S/c1-20(18,19)17-9-12-5-6-14(17)11-16(8-12)10-13-4-2-3-7-15-13/h2-4,7,12,14H,5-6,8-11H2,1H3/t12-,14+/m1/s1. The number of fused-ring (bicyclic) bond motifs is 4.